The molecule has 0 aromatic heterocycles. The zero-order chi connectivity index (χ0) is 13.2. The van der Waals surface area contributed by atoms with Crippen molar-refractivity contribution < 1.29 is 9.18 Å². The van der Waals surface area contributed by atoms with E-state index in [1.807, 2.05) is 0 Å². The van der Waals surface area contributed by atoms with Crippen LogP contribution in [0.1, 0.15) is 31.2 Å². The number of aryl methyl sites for hydroxylation is 1. The van der Waals surface area contributed by atoms with Gasteiger partial charge in [0.15, 0.2) is 0 Å². The highest BCUT2D eigenvalue weighted by atomic mass is 35.5. The zero-order valence-corrected chi connectivity index (χ0v) is 11.9. The Morgan fingerprint density at radius 3 is 2.58 bits per heavy atom. The van der Waals surface area contributed by atoms with Crippen LogP contribution in [-0.4, -0.2) is 12.5 Å². The lowest BCUT2D eigenvalue weighted by atomic mass is 9.85. The molecule has 0 atom stereocenters. The van der Waals surface area contributed by atoms with E-state index in [9.17, 15) is 9.18 Å². The molecular formula is C14H20ClFN2O. The fourth-order valence-corrected chi connectivity index (χ4v) is 2.56. The fraction of sp³-hybridized carbons (Fsp3) is 0.500. The average Bonchev–Trinajstić information content (AvgIpc) is 2.84. The Hall–Kier alpha value is -1.13. The maximum atomic E-state index is 13.1. The van der Waals surface area contributed by atoms with Crippen LogP contribution >= 0.6 is 12.4 Å². The standard InChI is InChI=1S/C14H19FN2O.ClH/c1-10-8-11(4-5-12(10)15)17-13(18)14(9-16)6-2-3-7-14;/h4-5,8H,2-3,6-7,9,16H2,1H3,(H,17,18);1H. The van der Waals surface area contributed by atoms with Crippen LogP contribution in [0.2, 0.25) is 0 Å². The molecule has 0 heterocycles. The molecule has 1 amide bonds. The lowest BCUT2D eigenvalue weighted by Crippen LogP contribution is -2.40. The number of nitrogens with one attached hydrogen (secondary N) is 1. The van der Waals surface area contributed by atoms with E-state index in [0.717, 1.165) is 25.7 Å². The van der Waals surface area contributed by atoms with Gasteiger partial charge < -0.3 is 11.1 Å². The van der Waals surface area contributed by atoms with Crippen LogP contribution in [0, 0.1) is 18.2 Å². The summed E-state index contributed by atoms with van der Waals surface area (Å²) < 4.78 is 13.1. The number of anilines is 1. The smallest absolute Gasteiger partial charge is 0.231 e. The second kappa shape index (κ2) is 6.35. The molecule has 3 nitrogen and oxygen atoms in total. The molecule has 1 saturated carbocycles. The Morgan fingerprint density at radius 1 is 1.42 bits per heavy atom. The second-order valence-corrected chi connectivity index (χ2v) is 5.11. The van der Waals surface area contributed by atoms with Crippen molar-refractivity contribution in [1.82, 2.24) is 0 Å². The summed E-state index contributed by atoms with van der Waals surface area (Å²) in [7, 11) is 0. The summed E-state index contributed by atoms with van der Waals surface area (Å²) in [6.07, 6.45) is 3.78. The van der Waals surface area contributed by atoms with Crippen molar-refractivity contribution in [3.05, 3.63) is 29.6 Å². The van der Waals surface area contributed by atoms with Crippen molar-refractivity contribution >= 4 is 24.0 Å². The molecule has 0 unspecified atom stereocenters. The molecule has 1 aliphatic rings. The zero-order valence-electron chi connectivity index (χ0n) is 11.0. The maximum absolute atomic E-state index is 13.1. The van der Waals surface area contributed by atoms with Crippen molar-refractivity contribution in [2.45, 2.75) is 32.6 Å². The summed E-state index contributed by atoms with van der Waals surface area (Å²) in [5.41, 5.74) is 6.49. The van der Waals surface area contributed by atoms with Crippen LogP contribution in [-0.2, 0) is 4.79 Å². The van der Waals surface area contributed by atoms with Crippen LogP contribution < -0.4 is 11.1 Å². The van der Waals surface area contributed by atoms with E-state index < -0.39 is 5.41 Å². The van der Waals surface area contributed by atoms with Crippen LogP contribution in [0.25, 0.3) is 0 Å². The van der Waals surface area contributed by atoms with Crippen molar-refractivity contribution in [2.24, 2.45) is 11.1 Å². The minimum absolute atomic E-state index is 0. The summed E-state index contributed by atoms with van der Waals surface area (Å²) >= 11 is 0. The molecule has 0 saturated heterocycles. The number of benzene rings is 1. The van der Waals surface area contributed by atoms with Gasteiger partial charge in [0.05, 0.1) is 5.41 Å². The lowest BCUT2D eigenvalue weighted by molar-refractivity contribution is -0.124. The van der Waals surface area contributed by atoms with Crippen LogP contribution in [0.3, 0.4) is 0 Å². The second-order valence-electron chi connectivity index (χ2n) is 5.11. The summed E-state index contributed by atoms with van der Waals surface area (Å²) in [6.45, 7) is 2.05. The van der Waals surface area contributed by atoms with Gasteiger partial charge in [-0.15, -0.1) is 12.4 Å². The number of halogens is 2. The molecule has 0 radical (unpaired) electrons. The van der Waals surface area contributed by atoms with E-state index >= 15 is 0 Å². The minimum Gasteiger partial charge on any atom is -0.329 e. The SMILES string of the molecule is Cc1cc(NC(=O)C2(CN)CCCC2)ccc1F.Cl. The fourth-order valence-electron chi connectivity index (χ4n) is 2.56. The first kappa shape index (κ1) is 15.9. The van der Waals surface area contributed by atoms with Gasteiger partial charge in [-0.1, -0.05) is 12.8 Å². The normalized spacial score (nSPS) is 16.8. The molecule has 0 spiro atoms. The minimum atomic E-state index is -0.428. The van der Waals surface area contributed by atoms with Gasteiger partial charge in [-0.2, -0.15) is 0 Å². The summed E-state index contributed by atoms with van der Waals surface area (Å²) in [4.78, 5) is 12.3. The third-order valence-corrected chi connectivity index (χ3v) is 3.85. The summed E-state index contributed by atoms with van der Waals surface area (Å²) in [6, 6.07) is 4.60. The average molecular weight is 287 g/mol. The molecule has 2 rings (SSSR count). The molecule has 1 fully saturated rings. The number of carbonyl (C=O) groups excluding carboxylic acids is 1. The molecule has 5 heteroatoms. The molecule has 0 bridgehead atoms. The van der Waals surface area contributed by atoms with Crippen molar-refractivity contribution in [3.8, 4) is 0 Å². The first-order chi connectivity index (χ1) is 8.57. The predicted molar refractivity (Wildman–Crippen MR) is 77.0 cm³/mol. The van der Waals surface area contributed by atoms with Crippen LogP contribution in [0.5, 0.6) is 0 Å². The predicted octanol–water partition coefficient (Wildman–Crippen LogP) is 3.01. The molecule has 1 aliphatic carbocycles. The van der Waals surface area contributed by atoms with E-state index in [-0.39, 0.29) is 24.1 Å². The highest BCUT2D eigenvalue weighted by Crippen LogP contribution is 2.38. The Balaban J connectivity index is 0.00000180. The first-order valence-electron chi connectivity index (χ1n) is 6.35. The monoisotopic (exact) mass is 286 g/mol. The third kappa shape index (κ3) is 3.25. The summed E-state index contributed by atoms with van der Waals surface area (Å²) in [5.74, 6) is -0.295. The topological polar surface area (TPSA) is 55.1 Å². The number of hydrogen-bond donors (Lipinski definition) is 2. The number of carbonyl (C=O) groups is 1. The molecule has 1 aromatic carbocycles. The summed E-state index contributed by atoms with van der Waals surface area (Å²) in [5, 5.41) is 2.86. The van der Waals surface area contributed by atoms with Gasteiger partial charge in [-0.3, -0.25) is 4.79 Å². The number of rotatable bonds is 3. The van der Waals surface area contributed by atoms with E-state index in [0.29, 0.717) is 17.8 Å². The molecular weight excluding hydrogens is 267 g/mol. The molecule has 3 N–H and O–H groups in total. The largest absolute Gasteiger partial charge is 0.329 e. The van der Waals surface area contributed by atoms with Crippen molar-refractivity contribution in [3.63, 3.8) is 0 Å². The van der Waals surface area contributed by atoms with Crippen LogP contribution in [0.15, 0.2) is 18.2 Å². The van der Waals surface area contributed by atoms with Gasteiger partial charge in [0.25, 0.3) is 0 Å². The van der Waals surface area contributed by atoms with Crippen LogP contribution in [0.4, 0.5) is 10.1 Å². The molecule has 0 aliphatic heterocycles. The van der Waals surface area contributed by atoms with Gasteiger partial charge in [0.2, 0.25) is 5.91 Å². The van der Waals surface area contributed by atoms with Gasteiger partial charge in [0.1, 0.15) is 5.82 Å². The maximum Gasteiger partial charge on any atom is 0.231 e. The van der Waals surface area contributed by atoms with Gasteiger partial charge in [0, 0.05) is 12.2 Å². The van der Waals surface area contributed by atoms with Crippen molar-refractivity contribution in [1.29, 1.82) is 0 Å². The molecule has 19 heavy (non-hydrogen) atoms. The highest BCUT2D eigenvalue weighted by Gasteiger charge is 2.39. The Morgan fingerprint density at radius 2 is 2.05 bits per heavy atom. The van der Waals surface area contributed by atoms with Gasteiger partial charge in [-0.05, 0) is 43.5 Å². The Labute approximate surface area is 119 Å². The van der Waals surface area contributed by atoms with Gasteiger partial charge in [-0.25, -0.2) is 4.39 Å². The third-order valence-electron chi connectivity index (χ3n) is 3.85. The van der Waals surface area contributed by atoms with Gasteiger partial charge >= 0.3 is 0 Å². The lowest BCUT2D eigenvalue weighted by Gasteiger charge is -2.25. The highest BCUT2D eigenvalue weighted by molar-refractivity contribution is 5.95. The number of hydrogen-bond acceptors (Lipinski definition) is 2. The molecule has 1 aromatic rings. The van der Waals surface area contributed by atoms with E-state index in [2.05, 4.69) is 5.32 Å². The molecule has 106 valence electrons. The Kier molecular flexibility index (Phi) is 5.32. The quantitative estimate of drug-likeness (QED) is 0.897. The number of amides is 1. The van der Waals surface area contributed by atoms with E-state index in [4.69, 9.17) is 5.73 Å². The number of nitrogens with two attached hydrogens (primary N) is 1. The van der Waals surface area contributed by atoms with Crippen molar-refractivity contribution in [2.75, 3.05) is 11.9 Å². The Bertz CT molecular complexity index is 459. The van der Waals surface area contributed by atoms with E-state index in [1.165, 1.54) is 6.07 Å². The first-order valence-corrected chi connectivity index (χ1v) is 6.35. The van der Waals surface area contributed by atoms with E-state index in [1.54, 1.807) is 19.1 Å².